The van der Waals surface area contributed by atoms with E-state index in [1.807, 2.05) is 11.0 Å². The number of imide groups is 1. The van der Waals surface area contributed by atoms with Crippen LogP contribution in [0.1, 0.15) is 11.1 Å². The third kappa shape index (κ3) is 5.58. The third-order valence-electron chi connectivity index (χ3n) is 5.50. The van der Waals surface area contributed by atoms with Crippen molar-refractivity contribution < 1.29 is 28.2 Å². The summed E-state index contributed by atoms with van der Waals surface area (Å²) in [5.74, 6) is -0.594. The van der Waals surface area contributed by atoms with Gasteiger partial charge in [0.1, 0.15) is 17.3 Å². The molecule has 0 aromatic heterocycles. The van der Waals surface area contributed by atoms with Crippen LogP contribution in [0.25, 0.3) is 5.57 Å². The van der Waals surface area contributed by atoms with Crippen LogP contribution in [0.3, 0.4) is 0 Å². The SMILES string of the molecule is COCCN(CCOC)C1=C(c2ccccc2OC)C(=O)N(CCc2ccc(F)cc2)C1=O. The number of hydrogen-bond acceptors (Lipinski definition) is 6. The van der Waals surface area contributed by atoms with Crippen molar-refractivity contribution >= 4 is 17.4 Å². The number of carbonyl (C=O) groups excluding carboxylic acids is 2. The quantitative estimate of drug-likeness (QED) is 0.458. The maximum atomic E-state index is 13.6. The molecule has 0 saturated heterocycles. The van der Waals surface area contributed by atoms with Gasteiger partial charge < -0.3 is 19.1 Å². The number of nitrogens with zero attached hydrogens (tertiary/aromatic N) is 2. The number of para-hydroxylation sites is 1. The van der Waals surface area contributed by atoms with Gasteiger partial charge in [-0.3, -0.25) is 14.5 Å². The maximum Gasteiger partial charge on any atom is 0.277 e. The first kappa shape index (κ1) is 24.4. The first-order chi connectivity index (χ1) is 16.0. The van der Waals surface area contributed by atoms with Crippen molar-refractivity contribution in [3.05, 3.63) is 71.2 Å². The molecule has 33 heavy (non-hydrogen) atoms. The van der Waals surface area contributed by atoms with Crippen LogP contribution in [0.2, 0.25) is 0 Å². The highest BCUT2D eigenvalue weighted by Gasteiger charge is 2.42. The van der Waals surface area contributed by atoms with Crippen LogP contribution in [0.15, 0.2) is 54.2 Å². The van der Waals surface area contributed by atoms with Crippen LogP contribution in [-0.4, -0.2) is 75.8 Å². The zero-order valence-electron chi connectivity index (χ0n) is 19.2. The second kappa shape index (κ2) is 11.6. The Bertz CT molecular complexity index is 998. The fourth-order valence-corrected chi connectivity index (χ4v) is 3.78. The molecular weight excluding hydrogens is 427 g/mol. The molecule has 0 fully saturated rings. The van der Waals surface area contributed by atoms with Gasteiger partial charge in [-0.05, 0) is 30.2 Å². The third-order valence-corrected chi connectivity index (χ3v) is 5.50. The number of benzene rings is 2. The van der Waals surface area contributed by atoms with Crippen molar-refractivity contribution in [3.8, 4) is 5.75 Å². The van der Waals surface area contributed by atoms with E-state index >= 15 is 0 Å². The Hall–Kier alpha value is -3.23. The molecule has 176 valence electrons. The fraction of sp³-hybridized carbons (Fsp3) is 0.360. The minimum Gasteiger partial charge on any atom is -0.496 e. The summed E-state index contributed by atoms with van der Waals surface area (Å²) in [7, 11) is 4.70. The zero-order valence-corrected chi connectivity index (χ0v) is 19.2. The lowest BCUT2D eigenvalue weighted by Crippen LogP contribution is -2.38. The summed E-state index contributed by atoms with van der Waals surface area (Å²) in [5, 5.41) is 0. The highest BCUT2D eigenvalue weighted by molar-refractivity contribution is 6.36. The van der Waals surface area contributed by atoms with Crippen LogP contribution < -0.4 is 4.74 Å². The summed E-state index contributed by atoms with van der Waals surface area (Å²) in [5.41, 5.74) is 1.99. The summed E-state index contributed by atoms with van der Waals surface area (Å²) in [6, 6.07) is 13.2. The summed E-state index contributed by atoms with van der Waals surface area (Å²) in [6.07, 6.45) is 0.417. The van der Waals surface area contributed by atoms with E-state index in [2.05, 4.69) is 0 Å². The van der Waals surface area contributed by atoms with Crippen molar-refractivity contribution in [2.75, 3.05) is 54.2 Å². The van der Waals surface area contributed by atoms with E-state index in [1.54, 1.807) is 44.6 Å². The molecule has 8 heteroatoms. The molecular formula is C25H29FN2O5. The number of hydrogen-bond donors (Lipinski definition) is 0. The molecule has 1 aliphatic heterocycles. The summed E-state index contributed by atoms with van der Waals surface area (Å²) < 4.78 is 29.2. The number of amides is 2. The van der Waals surface area contributed by atoms with Crippen molar-refractivity contribution in [2.45, 2.75) is 6.42 Å². The molecule has 2 aromatic carbocycles. The molecule has 0 N–H and O–H groups in total. The van der Waals surface area contributed by atoms with Crippen LogP contribution in [0, 0.1) is 5.82 Å². The molecule has 2 amide bonds. The predicted octanol–water partition coefficient (Wildman–Crippen LogP) is 2.75. The van der Waals surface area contributed by atoms with E-state index in [0.29, 0.717) is 55.3 Å². The maximum absolute atomic E-state index is 13.6. The van der Waals surface area contributed by atoms with E-state index in [4.69, 9.17) is 14.2 Å². The molecule has 0 atom stereocenters. The summed E-state index contributed by atoms with van der Waals surface area (Å²) >= 11 is 0. The largest absolute Gasteiger partial charge is 0.496 e. The van der Waals surface area contributed by atoms with Crippen molar-refractivity contribution in [3.63, 3.8) is 0 Å². The normalized spacial score (nSPS) is 13.8. The van der Waals surface area contributed by atoms with Gasteiger partial charge >= 0.3 is 0 Å². The lowest BCUT2D eigenvalue weighted by Gasteiger charge is -2.25. The van der Waals surface area contributed by atoms with Gasteiger partial charge in [-0.1, -0.05) is 30.3 Å². The smallest absolute Gasteiger partial charge is 0.277 e. The number of carbonyl (C=O) groups is 2. The van der Waals surface area contributed by atoms with Gasteiger partial charge in [-0.25, -0.2) is 4.39 Å². The minimum atomic E-state index is -0.388. The average molecular weight is 457 g/mol. The lowest BCUT2D eigenvalue weighted by atomic mass is 10.0. The first-order valence-corrected chi connectivity index (χ1v) is 10.7. The van der Waals surface area contributed by atoms with Crippen molar-refractivity contribution in [1.29, 1.82) is 0 Å². The van der Waals surface area contributed by atoms with Gasteiger partial charge in [0.2, 0.25) is 0 Å². The molecule has 0 unspecified atom stereocenters. The number of methoxy groups -OCH3 is 3. The van der Waals surface area contributed by atoms with Gasteiger partial charge in [0.05, 0.1) is 25.9 Å². The standard InChI is InChI=1S/C25H29FN2O5/c1-31-16-14-27(15-17-32-2)23-22(20-6-4-5-7-21(20)33-3)24(29)28(25(23)30)13-12-18-8-10-19(26)11-9-18/h4-11H,12-17H2,1-3H3. The van der Waals surface area contributed by atoms with Crippen molar-refractivity contribution in [2.24, 2.45) is 0 Å². The topological polar surface area (TPSA) is 68.3 Å². The Kier molecular flexibility index (Phi) is 8.57. The summed E-state index contributed by atoms with van der Waals surface area (Å²) in [6.45, 7) is 1.76. The molecule has 0 bridgehead atoms. The molecule has 0 aliphatic carbocycles. The van der Waals surface area contributed by atoms with Crippen LogP contribution in [0.4, 0.5) is 4.39 Å². The van der Waals surface area contributed by atoms with Gasteiger partial charge in [-0.15, -0.1) is 0 Å². The molecule has 1 aliphatic rings. The molecule has 3 rings (SSSR count). The monoisotopic (exact) mass is 456 g/mol. The summed E-state index contributed by atoms with van der Waals surface area (Å²) in [4.78, 5) is 30.2. The molecule has 7 nitrogen and oxygen atoms in total. The average Bonchev–Trinajstić information content (AvgIpc) is 3.08. The second-order valence-corrected chi connectivity index (χ2v) is 7.53. The van der Waals surface area contributed by atoms with Gasteiger partial charge in [0.25, 0.3) is 11.8 Å². The predicted molar refractivity (Wildman–Crippen MR) is 122 cm³/mol. The van der Waals surface area contributed by atoms with Crippen molar-refractivity contribution in [1.82, 2.24) is 9.80 Å². The Morgan fingerprint density at radius 1 is 0.879 bits per heavy atom. The van der Waals surface area contributed by atoms with Crippen LogP contribution in [0.5, 0.6) is 5.75 Å². The first-order valence-electron chi connectivity index (χ1n) is 10.7. The van der Waals surface area contributed by atoms with E-state index < -0.39 is 0 Å². The van der Waals surface area contributed by atoms with Gasteiger partial charge in [0, 0.05) is 39.4 Å². The van der Waals surface area contributed by atoms with E-state index in [9.17, 15) is 14.0 Å². The molecule has 0 spiro atoms. The van der Waals surface area contributed by atoms with Gasteiger partial charge in [0.15, 0.2) is 0 Å². The number of rotatable bonds is 12. The highest BCUT2D eigenvalue weighted by Crippen LogP contribution is 2.36. The fourth-order valence-electron chi connectivity index (χ4n) is 3.78. The Morgan fingerprint density at radius 3 is 2.12 bits per heavy atom. The van der Waals surface area contributed by atoms with E-state index in [1.165, 1.54) is 24.1 Å². The van der Waals surface area contributed by atoms with Crippen LogP contribution >= 0.6 is 0 Å². The molecule has 1 heterocycles. The Labute approximate surface area is 193 Å². The number of halogens is 1. The highest BCUT2D eigenvalue weighted by atomic mass is 19.1. The van der Waals surface area contributed by atoms with E-state index in [0.717, 1.165) is 5.56 Å². The second-order valence-electron chi connectivity index (χ2n) is 7.53. The Balaban J connectivity index is 1.99. The van der Waals surface area contributed by atoms with Crippen LogP contribution in [-0.2, 0) is 25.5 Å². The molecule has 0 saturated carbocycles. The zero-order chi connectivity index (χ0) is 23.8. The van der Waals surface area contributed by atoms with Gasteiger partial charge in [-0.2, -0.15) is 0 Å². The molecule has 2 aromatic rings. The minimum absolute atomic E-state index is 0.174. The number of ether oxygens (including phenoxy) is 3. The molecule has 0 radical (unpaired) electrons. The Morgan fingerprint density at radius 2 is 1.52 bits per heavy atom. The van der Waals surface area contributed by atoms with E-state index in [-0.39, 0.29) is 24.2 Å². The lowest BCUT2D eigenvalue weighted by molar-refractivity contribution is -0.137.